The Morgan fingerprint density at radius 3 is 2.43 bits per heavy atom. The quantitative estimate of drug-likeness (QED) is 0.698. The second kappa shape index (κ2) is 8.50. The first-order chi connectivity index (χ1) is 13.3. The number of thioether (sulfide) groups is 1. The molecule has 3 heterocycles. The number of hydrogen-bond acceptors (Lipinski definition) is 5. The monoisotopic (exact) mass is 413 g/mol. The minimum Gasteiger partial charge on any atom is -0.337 e. The molecule has 1 saturated heterocycles. The second-order valence-corrected chi connectivity index (χ2v) is 7.90. The number of nitrogens with zero attached hydrogens (tertiary/aromatic N) is 5. The number of piperidine rings is 1. The van der Waals surface area contributed by atoms with Crippen LogP contribution in [-0.4, -0.2) is 54.6 Å². The number of rotatable bonds is 5. The van der Waals surface area contributed by atoms with Gasteiger partial charge in [0, 0.05) is 30.0 Å². The van der Waals surface area contributed by atoms with Crippen molar-refractivity contribution >= 4 is 17.7 Å². The van der Waals surface area contributed by atoms with Gasteiger partial charge in [0.2, 0.25) is 5.91 Å². The Morgan fingerprint density at radius 2 is 1.82 bits per heavy atom. The molecule has 28 heavy (non-hydrogen) atoms. The summed E-state index contributed by atoms with van der Waals surface area (Å²) < 4.78 is 40.4. The maximum Gasteiger partial charge on any atom is 0.406 e. The summed E-state index contributed by atoms with van der Waals surface area (Å²) in [4.78, 5) is 18.4. The predicted molar refractivity (Wildman–Crippen MR) is 99.7 cm³/mol. The van der Waals surface area contributed by atoms with Gasteiger partial charge in [-0.3, -0.25) is 14.3 Å². The molecule has 1 aliphatic heterocycles. The first kappa shape index (κ1) is 20.6. The van der Waals surface area contributed by atoms with Crippen LogP contribution in [0, 0.1) is 0 Å². The molecule has 2 aromatic heterocycles. The van der Waals surface area contributed by atoms with E-state index in [0.29, 0.717) is 5.56 Å². The van der Waals surface area contributed by atoms with E-state index < -0.39 is 12.7 Å². The summed E-state index contributed by atoms with van der Waals surface area (Å²) in [7, 11) is 0. The molecular weight excluding hydrogens is 391 g/mol. The highest BCUT2D eigenvalue weighted by Gasteiger charge is 2.33. The van der Waals surface area contributed by atoms with E-state index in [4.69, 9.17) is 0 Å². The molecule has 152 valence electrons. The van der Waals surface area contributed by atoms with E-state index in [0.717, 1.165) is 35.6 Å². The van der Waals surface area contributed by atoms with Gasteiger partial charge in [-0.2, -0.15) is 13.2 Å². The van der Waals surface area contributed by atoms with Crippen LogP contribution in [0.15, 0.2) is 29.7 Å². The fourth-order valence-electron chi connectivity index (χ4n) is 3.55. The third-order valence-corrected chi connectivity index (χ3v) is 5.75. The zero-order valence-corrected chi connectivity index (χ0v) is 16.5. The largest absolute Gasteiger partial charge is 0.406 e. The molecular formula is C18H22F3N5OS. The van der Waals surface area contributed by atoms with Crippen LogP contribution in [0.1, 0.15) is 33.1 Å². The molecule has 1 amide bonds. The van der Waals surface area contributed by atoms with E-state index in [1.807, 2.05) is 18.7 Å². The van der Waals surface area contributed by atoms with Crippen LogP contribution in [0.2, 0.25) is 0 Å². The summed E-state index contributed by atoms with van der Waals surface area (Å²) in [5, 5.41) is 7.93. The van der Waals surface area contributed by atoms with Crippen LogP contribution in [-0.2, 0) is 11.3 Å². The Bertz CT molecular complexity index is 801. The molecule has 0 spiro atoms. The summed E-state index contributed by atoms with van der Waals surface area (Å²) in [6.45, 7) is 2.79. The van der Waals surface area contributed by atoms with Gasteiger partial charge in [0.15, 0.2) is 11.0 Å². The van der Waals surface area contributed by atoms with Crippen molar-refractivity contribution in [3.63, 3.8) is 0 Å². The maximum absolute atomic E-state index is 13.1. The second-order valence-electron chi connectivity index (χ2n) is 6.96. The van der Waals surface area contributed by atoms with Gasteiger partial charge in [0.05, 0.1) is 5.75 Å². The van der Waals surface area contributed by atoms with Crippen LogP contribution in [0.25, 0.3) is 11.4 Å². The first-order valence-corrected chi connectivity index (χ1v) is 10.1. The standard InChI is InChI=1S/C18H22F3N5OS/c1-12-4-3-5-13(2)26(12)15(27)10-28-17-24-23-16(14-6-8-22-9-7-14)25(17)11-18(19,20)21/h6-9,12-13H,3-5,10-11H2,1-2H3. The fraction of sp³-hybridized carbons (Fsp3) is 0.556. The third-order valence-electron chi connectivity index (χ3n) is 4.80. The molecule has 0 N–H and O–H groups in total. The lowest BCUT2D eigenvalue weighted by Gasteiger charge is -2.39. The molecule has 1 fully saturated rings. The van der Waals surface area contributed by atoms with Gasteiger partial charge in [-0.1, -0.05) is 11.8 Å². The fourth-order valence-corrected chi connectivity index (χ4v) is 4.35. The molecule has 0 aromatic carbocycles. The van der Waals surface area contributed by atoms with Gasteiger partial charge in [0.1, 0.15) is 6.54 Å². The molecule has 2 unspecified atom stereocenters. The van der Waals surface area contributed by atoms with Crippen molar-refractivity contribution in [3.05, 3.63) is 24.5 Å². The number of hydrogen-bond donors (Lipinski definition) is 0. The Labute approximate surface area is 165 Å². The number of carbonyl (C=O) groups is 1. The van der Waals surface area contributed by atoms with Gasteiger partial charge in [0.25, 0.3) is 0 Å². The van der Waals surface area contributed by atoms with Crippen LogP contribution in [0.4, 0.5) is 13.2 Å². The number of aromatic nitrogens is 4. The Kier molecular flexibility index (Phi) is 6.26. The van der Waals surface area contributed by atoms with E-state index in [2.05, 4.69) is 15.2 Å². The first-order valence-electron chi connectivity index (χ1n) is 9.10. The summed E-state index contributed by atoms with van der Waals surface area (Å²) in [5.41, 5.74) is 0.489. The number of amides is 1. The highest BCUT2D eigenvalue weighted by molar-refractivity contribution is 7.99. The number of likely N-dealkylation sites (tertiary alicyclic amines) is 1. The van der Waals surface area contributed by atoms with Crippen molar-refractivity contribution in [2.24, 2.45) is 0 Å². The Hall–Kier alpha value is -2.10. The van der Waals surface area contributed by atoms with Crippen molar-refractivity contribution in [2.75, 3.05) is 5.75 Å². The van der Waals surface area contributed by atoms with E-state index in [1.54, 1.807) is 12.1 Å². The van der Waals surface area contributed by atoms with Gasteiger partial charge >= 0.3 is 6.18 Å². The highest BCUT2D eigenvalue weighted by Crippen LogP contribution is 2.29. The molecule has 10 heteroatoms. The minimum absolute atomic E-state index is 0.0288. The molecule has 2 atom stereocenters. The lowest BCUT2D eigenvalue weighted by atomic mass is 9.98. The van der Waals surface area contributed by atoms with Crippen LogP contribution in [0.3, 0.4) is 0 Å². The maximum atomic E-state index is 13.1. The smallest absolute Gasteiger partial charge is 0.337 e. The summed E-state index contributed by atoms with van der Waals surface area (Å²) in [6, 6.07) is 3.43. The van der Waals surface area contributed by atoms with Crippen LogP contribution < -0.4 is 0 Å². The number of pyridine rings is 1. The van der Waals surface area contributed by atoms with E-state index in [-0.39, 0.29) is 34.7 Å². The number of halogens is 3. The van der Waals surface area contributed by atoms with Gasteiger partial charge in [-0.15, -0.1) is 10.2 Å². The Morgan fingerprint density at radius 1 is 1.18 bits per heavy atom. The average molecular weight is 413 g/mol. The normalized spacial score (nSPS) is 20.4. The van der Waals surface area contributed by atoms with E-state index in [9.17, 15) is 18.0 Å². The predicted octanol–water partition coefficient (Wildman–Crippen LogP) is 3.78. The van der Waals surface area contributed by atoms with Gasteiger partial charge in [-0.05, 0) is 45.2 Å². The van der Waals surface area contributed by atoms with Gasteiger partial charge < -0.3 is 4.90 Å². The molecule has 6 nitrogen and oxygen atoms in total. The average Bonchev–Trinajstić information content (AvgIpc) is 3.01. The van der Waals surface area contributed by atoms with Crippen LogP contribution in [0.5, 0.6) is 0 Å². The summed E-state index contributed by atoms with van der Waals surface area (Å²) >= 11 is 0.992. The van der Waals surface area contributed by atoms with E-state index >= 15 is 0 Å². The zero-order valence-electron chi connectivity index (χ0n) is 15.7. The molecule has 1 aliphatic rings. The number of carbonyl (C=O) groups excluding carboxylic acids is 1. The molecule has 0 saturated carbocycles. The lowest BCUT2D eigenvalue weighted by Crippen LogP contribution is -2.48. The zero-order chi connectivity index (χ0) is 20.3. The van der Waals surface area contributed by atoms with Crippen molar-refractivity contribution < 1.29 is 18.0 Å². The van der Waals surface area contributed by atoms with Crippen molar-refractivity contribution in [1.82, 2.24) is 24.6 Å². The van der Waals surface area contributed by atoms with Gasteiger partial charge in [-0.25, -0.2) is 0 Å². The molecule has 0 aliphatic carbocycles. The van der Waals surface area contributed by atoms with Crippen LogP contribution >= 0.6 is 11.8 Å². The highest BCUT2D eigenvalue weighted by atomic mass is 32.2. The summed E-state index contributed by atoms with van der Waals surface area (Å²) in [5.74, 6) is 0.0483. The van der Waals surface area contributed by atoms with Crippen molar-refractivity contribution in [1.29, 1.82) is 0 Å². The van der Waals surface area contributed by atoms with E-state index in [1.165, 1.54) is 12.4 Å². The molecule has 0 bridgehead atoms. The number of alkyl halides is 3. The van der Waals surface area contributed by atoms with Crippen molar-refractivity contribution in [3.8, 4) is 11.4 Å². The molecule has 0 radical (unpaired) electrons. The Balaban J connectivity index is 1.80. The third kappa shape index (κ3) is 4.84. The molecule has 3 rings (SSSR count). The lowest BCUT2D eigenvalue weighted by molar-refractivity contribution is -0.141. The summed E-state index contributed by atoms with van der Waals surface area (Å²) in [6.07, 6.45) is 1.50. The topological polar surface area (TPSA) is 63.9 Å². The van der Waals surface area contributed by atoms with Crippen molar-refractivity contribution in [2.45, 2.75) is 63.1 Å². The minimum atomic E-state index is -4.43. The SMILES string of the molecule is CC1CCCC(C)N1C(=O)CSc1nnc(-c2ccncc2)n1CC(F)(F)F. The molecule has 2 aromatic rings.